The van der Waals surface area contributed by atoms with Crippen LogP contribution in [0.15, 0.2) is 12.4 Å². The molecule has 0 amide bonds. The molecule has 1 saturated carbocycles. The first kappa shape index (κ1) is 13.3. The Bertz CT molecular complexity index is 365. The smallest absolute Gasteiger partial charge is 0.129 e. The fraction of sp³-hybridized carbons (Fsp3) is 0.733. The molecule has 0 aromatic carbocycles. The zero-order valence-electron chi connectivity index (χ0n) is 11.7. The quantitative estimate of drug-likeness (QED) is 0.862. The van der Waals surface area contributed by atoms with Crippen LogP contribution in [0.4, 0.5) is 5.82 Å². The zero-order valence-corrected chi connectivity index (χ0v) is 11.7. The number of aromatic nitrogens is 2. The zero-order chi connectivity index (χ0) is 12.8. The molecule has 1 N–H and O–H groups in total. The maximum atomic E-state index is 4.31. The number of rotatable bonds is 5. The first-order valence-electron chi connectivity index (χ1n) is 7.34. The van der Waals surface area contributed by atoms with E-state index in [1.165, 1.54) is 25.7 Å². The van der Waals surface area contributed by atoms with Gasteiger partial charge >= 0.3 is 0 Å². The van der Waals surface area contributed by atoms with Gasteiger partial charge in [-0.3, -0.25) is 0 Å². The van der Waals surface area contributed by atoms with E-state index in [9.17, 15) is 0 Å². The molecule has 0 saturated heterocycles. The van der Waals surface area contributed by atoms with Crippen molar-refractivity contribution in [1.82, 2.24) is 9.97 Å². The minimum Gasteiger partial charge on any atom is -0.370 e. The molecule has 1 fully saturated rings. The minimum atomic E-state index is 0.809. The highest BCUT2D eigenvalue weighted by molar-refractivity contribution is 5.34. The fourth-order valence-corrected chi connectivity index (χ4v) is 2.82. The Morgan fingerprint density at radius 1 is 1.28 bits per heavy atom. The van der Waals surface area contributed by atoms with E-state index in [4.69, 9.17) is 0 Å². The largest absolute Gasteiger partial charge is 0.370 e. The van der Waals surface area contributed by atoms with Crippen molar-refractivity contribution in [2.24, 2.45) is 11.8 Å². The summed E-state index contributed by atoms with van der Waals surface area (Å²) < 4.78 is 0. The summed E-state index contributed by atoms with van der Waals surface area (Å²) in [5.74, 6) is 2.65. The van der Waals surface area contributed by atoms with E-state index in [0.29, 0.717) is 0 Å². The predicted molar refractivity (Wildman–Crippen MR) is 75.6 cm³/mol. The summed E-state index contributed by atoms with van der Waals surface area (Å²) in [6, 6.07) is 2.09. The molecule has 1 aromatic heterocycles. The molecule has 0 aliphatic heterocycles. The predicted octanol–water partition coefficient (Wildman–Crippen LogP) is 3.67. The second-order valence-electron chi connectivity index (χ2n) is 5.55. The monoisotopic (exact) mass is 247 g/mol. The highest BCUT2D eigenvalue weighted by Crippen LogP contribution is 2.29. The number of hydrogen-bond donors (Lipinski definition) is 1. The van der Waals surface area contributed by atoms with Crippen LogP contribution in [-0.2, 0) is 6.42 Å². The summed E-state index contributed by atoms with van der Waals surface area (Å²) in [5, 5.41) is 3.49. The van der Waals surface area contributed by atoms with E-state index in [1.54, 1.807) is 6.33 Å². The number of hydrogen-bond acceptors (Lipinski definition) is 3. The molecular weight excluding hydrogens is 222 g/mol. The highest BCUT2D eigenvalue weighted by Gasteiger charge is 2.20. The van der Waals surface area contributed by atoms with Crippen molar-refractivity contribution in [2.75, 3.05) is 11.9 Å². The molecule has 2 atom stereocenters. The van der Waals surface area contributed by atoms with Crippen LogP contribution in [0.5, 0.6) is 0 Å². The molecule has 1 heterocycles. The van der Waals surface area contributed by atoms with Gasteiger partial charge in [0.05, 0.1) is 0 Å². The molecule has 3 heteroatoms. The van der Waals surface area contributed by atoms with E-state index in [2.05, 4.69) is 35.2 Å². The number of aryl methyl sites for hydroxylation is 1. The molecule has 3 nitrogen and oxygen atoms in total. The van der Waals surface area contributed by atoms with Gasteiger partial charge < -0.3 is 5.32 Å². The van der Waals surface area contributed by atoms with E-state index < -0.39 is 0 Å². The van der Waals surface area contributed by atoms with Crippen molar-refractivity contribution in [3.8, 4) is 0 Å². The van der Waals surface area contributed by atoms with Crippen LogP contribution in [0.1, 0.15) is 51.6 Å². The SMILES string of the molecule is CCCc1cc(NCC2CCCCC2C)ncn1. The van der Waals surface area contributed by atoms with Crippen molar-refractivity contribution < 1.29 is 0 Å². The van der Waals surface area contributed by atoms with Gasteiger partial charge in [0.15, 0.2) is 0 Å². The summed E-state index contributed by atoms with van der Waals surface area (Å²) in [6.45, 7) is 5.62. The van der Waals surface area contributed by atoms with Crippen LogP contribution in [0.2, 0.25) is 0 Å². The molecule has 2 unspecified atom stereocenters. The molecule has 0 spiro atoms. The molecule has 18 heavy (non-hydrogen) atoms. The highest BCUT2D eigenvalue weighted by atomic mass is 15.0. The van der Waals surface area contributed by atoms with E-state index in [-0.39, 0.29) is 0 Å². The van der Waals surface area contributed by atoms with Crippen molar-refractivity contribution in [3.63, 3.8) is 0 Å². The third-order valence-corrected chi connectivity index (χ3v) is 4.06. The van der Waals surface area contributed by atoms with Crippen LogP contribution in [0.25, 0.3) is 0 Å². The van der Waals surface area contributed by atoms with Gasteiger partial charge in [-0.25, -0.2) is 9.97 Å². The Labute approximate surface area is 110 Å². The van der Waals surface area contributed by atoms with Crippen LogP contribution in [0.3, 0.4) is 0 Å². The van der Waals surface area contributed by atoms with Crippen LogP contribution >= 0.6 is 0 Å². The van der Waals surface area contributed by atoms with Gasteiger partial charge in [-0.1, -0.05) is 39.5 Å². The van der Waals surface area contributed by atoms with Gasteiger partial charge in [0.1, 0.15) is 12.1 Å². The molecule has 0 bridgehead atoms. The molecule has 2 rings (SSSR count). The Hall–Kier alpha value is -1.12. The number of nitrogens with one attached hydrogen (secondary N) is 1. The molecule has 1 aliphatic carbocycles. The van der Waals surface area contributed by atoms with Gasteiger partial charge in [0.25, 0.3) is 0 Å². The Morgan fingerprint density at radius 3 is 2.89 bits per heavy atom. The molecule has 1 aliphatic rings. The minimum absolute atomic E-state index is 0.809. The summed E-state index contributed by atoms with van der Waals surface area (Å²) >= 11 is 0. The number of nitrogens with zero attached hydrogens (tertiary/aromatic N) is 2. The lowest BCUT2D eigenvalue weighted by Gasteiger charge is -2.28. The summed E-state index contributed by atoms with van der Waals surface area (Å²) in [4.78, 5) is 8.60. The average molecular weight is 247 g/mol. The van der Waals surface area contributed by atoms with Gasteiger partial charge in [0, 0.05) is 18.3 Å². The van der Waals surface area contributed by atoms with Crippen LogP contribution < -0.4 is 5.32 Å². The third kappa shape index (κ3) is 3.69. The fourth-order valence-electron chi connectivity index (χ4n) is 2.82. The average Bonchev–Trinajstić information content (AvgIpc) is 2.39. The van der Waals surface area contributed by atoms with Crippen molar-refractivity contribution in [1.29, 1.82) is 0 Å². The Morgan fingerprint density at radius 2 is 2.11 bits per heavy atom. The third-order valence-electron chi connectivity index (χ3n) is 4.06. The van der Waals surface area contributed by atoms with Gasteiger partial charge in [0.2, 0.25) is 0 Å². The number of anilines is 1. The van der Waals surface area contributed by atoms with Gasteiger partial charge in [-0.2, -0.15) is 0 Å². The second kappa shape index (κ2) is 6.72. The van der Waals surface area contributed by atoms with Gasteiger partial charge in [-0.15, -0.1) is 0 Å². The van der Waals surface area contributed by atoms with Crippen molar-refractivity contribution in [2.45, 2.75) is 52.4 Å². The van der Waals surface area contributed by atoms with E-state index >= 15 is 0 Å². The Balaban J connectivity index is 1.87. The topological polar surface area (TPSA) is 37.8 Å². The lowest BCUT2D eigenvalue weighted by Crippen LogP contribution is -2.24. The lowest BCUT2D eigenvalue weighted by molar-refractivity contribution is 0.268. The Kier molecular flexibility index (Phi) is 4.97. The summed E-state index contributed by atoms with van der Waals surface area (Å²) in [6.07, 6.45) is 9.40. The molecule has 0 radical (unpaired) electrons. The lowest BCUT2D eigenvalue weighted by atomic mass is 9.80. The first-order chi connectivity index (χ1) is 8.79. The summed E-state index contributed by atoms with van der Waals surface area (Å²) in [7, 11) is 0. The van der Waals surface area contributed by atoms with Crippen LogP contribution in [-0.4, -0.2) is 16.5 Å². The first-order valence-corrected chi connectivity index (χ1v) is 7.34. The van der Waals surface area contributed by atoms with Crippen LogP contribution in [0, 0.1) is 11.8 Å². The van der Waals surface area contributed by atoms with E-state index in [1.807, 2.05) is 0 Å². The maximum Gasteiger partial charge on any atom is 0.129 e. The molecule has 1 aromatic rings. The van der Waals surface area contributed by atoms with E-state index in [0.717, 1.165) is 42.7 Å². The van der Waals surface area contributed by atoms with Gasteiger partial charge in [-0.05, 0) is 24.7 Å². The standard InChI is InChI=1S/C15H25N3/c1-3-6-14-9-15(18-11-17-14)16-10-13-8-5-4-7-12(13)2/h9,11-13H,3-8,10H2,1-2H3,(H,16,17,18). The van der Waals surface area contributed by atoms with Crippen molar-refractivity contribution in [3.05, 3.63) is 18.1 Å². The molecular formula is C15H25N3. The second-order valence-corrected chi connectivity index (χ2v) is 5.55. The summed E-state index contributed by atoms with van der Waals surface area (Å²) in [5.41, 5.74) is 1.15. The normalized spacial score (nSPS) is 23.9. The molecule has 100 valence electrons. The maximum absolute atomic E-state index is 4.31. The van der Waals surface area contributed by atoms with Crippen molar-refractivity contribution >= 4 is 5.82 Å².